The summed E-state index contributed by atoms with van der Waals surface area (Å²) >= 11 is 0. The van der Waals surface area contributed by atoms with Crippen molar-refractivity contribution < 1.29 is 9.59 Å². The van der Waals surface area contributed by atoms with Crippen molar-refractivity contribution in [2.24, 2.45) is 5.73 Å². The zero-order valence-electron chi connectivity index (χ0n) is 12.8. The monoisotopic (exact) mass is 283 g/mol. The average molecular weight is 283 g/mol. The number of hydrogen-bond donors (Lipinski definition) is 3. The van der Waals surface area contributed by atoms with Crippen LogP contribution in [0.2, 0.25) is 0 Å². The summed E-state index contributed by atoms with van der Waals surface area (Å²) in [5, 5.41) is 5.67. The maximum absolute atomic E-state index is 11.9. The minimum absolute atomic E-state index is 0.0141. The summed E-state index contributed by atoms with van der Waals surface area (Å²) in [6.07, 6.45) is 6.91. The smallest absolute Gasteiger partial charge is 0.221 e. The first-order valence-electron chi connectivity index (χ1n) is 7.80. The van der Waals surface area contributed by atoms with Crippen molar-refractivity contribution in [1.82, 2.24) is 10.6 Å². The molecule has 2 amide bonds. The van der Waals surface area contributed by atoms with Crippen LogP contribution in [-0.2, 0) is 9.59 Å². The highest BCUT2D eigenvalue weighted by atomic mass is 16.2. The van der Waals surface area contributed by atoms with Gasteiger partial charge in [-0.2, -0.15) is 0 Å². The molecule has 0 aromatic rings. The van der Waals surface area contributed by atoms with Crippen LogP contribution >= 0.6 is 0 Å². The molecule has 116 valence electrons. The minimum Gasteiger partial charge on any atom is -0.356 e. The van der Waals surface area contributed by atoms with E-state index in [0.29, 0.717) is 19.4 Å². The lowest BCUT2D eigenvalue weighted by Crippen LogP contribution is -2.46. The van der Waals surface area contributed by atoms with E-state index in [4.69, 9.17) is 5.73 Å². The fourth-order valence-electron chi connectivity index (χ4n) is 2.58. The summed E-state index contributed by atoms with van der Waals surface area (Å²) in [5.74, 6) is -0.0504. The van der Waals surface area contributed by atoms with Crippen molar-refractivity contribution in [1.29, 1.82) is 0 Å². The molecule has 5 heteroatoms. The summed E-state index contributed by atoms with van der Waals surface area (Å²) in [6.45, 7) is 4.38. The molecule has 1 saturated carbocycles. The lowest BCUT2D eigenvalue weighted by atomic mass is 9.80. The summed E-state index contributed by atoms with van der Waals surface area (Å²) in [7, 11) is 0. The molecule has 0 aromatic heterocycles. The zero-order valence-corrected chi connectivity index (χ0v) is 12.8. The predicted octanol–water partition coefficient (Wildman–Crippen LogP) is 1.46. The first-order valence-corrected chi connectivity index (χ1v) is 7.80. The van der Waals surface area contributed by atoms with E-state index in [1.807, 2.05) is 13.8 Å². The molecule has 5 nitrogen and oxygen atoms in total. The molecule has 0 heterocycles. The van der Waals surface area contributed by atoms with E-state index in [0.717, 1.165) is 32.1 Å². The fraction of sp³-hybridized carbons (Fsp3) is 0.867. The molecule has 1 unspecified atom stereocenters. The first kappa shape index (κ1) is 17.0. The number of carbonyl (C=O) groups is 2. The van der Waals surface area contributed by atoms with Crippen LogP contribution in [0.25, 0.3) is 0 Å². The lowest BCUT2D eigenvalue weighted by molar-refractivity contribution is -0.123. The van der Waals surface area contributed by atoms with Crippen LogP contribution in [0, 0.1) is 0 Å². The van der Waals surface area contributed by atoms with E-state index in [-0.39, 0.29) is 23.4 Å². The van der Waals surface area contributed by atoms with Gasteiger partial charge in [0.15, 0.2) is 0 Å². The van der Waals surface area contributed by atoms with Gasteiger partial charge in [0.1, 0.15) is 0 Å². The highest BCUT2D eigenvalue weighted by Crippen LogP contribution is 2.28. The fourth-order valence-corrected chi connectivity index (χ4v) is 2.58. The van der Waals surface area contributed by atoms with Crippen molar-refractivity contribution >= 4 is 11.8 Å². The van der Waals surface area contributed by atoms with E-state index in [9.17, 15) is 9.59 Å². The van der Waals surface area contributed by atoms with E-state index >= 15 is 0 Å². The van der Waals surface area contributed by atoms with Gasteiger partial charge in [0.2, 0.25) is 11.8 Å². The molecule has 4 N–H and O–H groups in total. The SMILES string of the molecule is CCC(C)NC(=O)CCNC(=O)CC1(N)CCCCC1. The minimum atomic E-state index is -0.332. The molecule has 20 heavy (non-hydrogen) atoms. The number of amides is 2. The maximum Gasteiger partial charge on any atom is 0.221 e. The molecule has 0 saturated heterocycles. The van der Waals surface area contributed by atoms with Crippen molar-refractivity contribution in [2.45, 2.75) is 76.8 Å². The van der Waals surface area contributed by atoms with Gasteiger partial charge in [-0.05, 0) is 26.2 Å². The second-order valence-corrected chi connectivity index (χ2v) is 6.08. The van der Waals surface area contributed by atoms with Crippen LogP contribution in [0.5, 0.6) is 0 Å². The molecule has 1 fully saturated rings. The van der Waals surface area contributed by atoms with Crippen LogP contribution in [-0.4, -0.2) is 29.9 Å². The number of nitrogens with two attached hydrogens (primary N) is 1. The Morgan fingerprint density at radius 2 is 1.85 bits per heavy atom. The molecule has 0 bridgehead atoms. The third-order valence-corrected chi connectivity index (χ3v) is 4.06. The quantitative estimate of drug-likeness (QED) is 0.661. The van der Waals surface area contributed by atoms with Crippen molar-refractivity contribution in [3.8, 4) is 0 Å². The molecule has 1 rings (SSSR count). The van der Waals surface area contributed by atoms with Gasteiger partial charge in [-0.25, -0.2) is 0 Å². The van der Waals surface area contributed by atoms with Crippen LogP contribution in [0.15, 0.2) is 0 Å². The lowest BCUT2D eigenvalue weighted by Gasteiger charge is -2.32. The third-order valence-electron chi connectivity index (χ3n) is 4.06. The number of carbonyl (C=O) groups excluding carboxylic acids is 2. The Morgan fingerprint density at radius 1 is 1.20 bits per heavy atom. The maximum atomic E-state index is 11.9. The van der Waals surface area contributed by atoms with Gasteiger partial charge in [-0.15, -0.1) is 0 Å². The standard InChI is InChI=1S/C15H29N3O2/c1-3-12(2)18-13(19)7-10-17-14(20)11-15(16)8-5-4-6-9-15/h12H,3-11,16H2,1-2H3,(H,17,20)(H,18,19). The Bertz CT molecular complexity index is 325. The van der Waals surface area contributed by atoms with Gasteiger partial charge < -0.3 is 16.4 Å². The summed E-state index contributed by atoms with van der Waals surface area (Å²) in [4.78, 5) is 23.4. The van der Waals surface area contributed by atoms with Crippen molar-refractivity contribution in [2.75, 3.05) is 6.54 Å². The highest BCUT2D eigenvalue weighted by Gasteiger charge is 2.29. The van der Waals surface area contributed by atoms with Crippen LogP contribution in [0.4, 0.5) is 0 Å². The van der Waals surface area contributed by atoms with Crippen LogP contribution in [0.1, 0.15) is 65.2 Å². The third kappa shape index (κ3) is 6.37. The Kier molecular flexibility index (Phi) is 6.99. The van der Waals surface area contributed by atoms with Gasteiger partial charge in [0, 0.05) is 31.0 Å². The summed E-state index contributed by atoms with van der Waals surface area (Å²) in [5.41, 5.74) is 5.90. The Labute approximate surface area is 122 Å². The molecule has 0 aliphatic heterocycles. The van der Waals surface area contributed by atoms with E-state index in [2.05, 4.69) is 10.6 Å². The van der Waals surface area contributed by atoms with Gasteiger partial charge >= 0.3 is 0 Å². The topological polar surface area (TPSA) is 84.2 Å². The van der Waals surface area contributed by atoms with Crippen molar-refractivity contribution in [3.63, 3.8) is 0 Å². The van der Waals surface area contributed by atoms with Gasteiger partial charge in [0.05, 0.1) is 0 Å². The molecule has 0 aromatic carbocycles. The molecule has 1 aliphatic rings. The molecular weight excluding hydrogens is 254 g/mol. The molecular formula is C15H29N3O2. The van der Waals surface area contributed by atoms with Gasteiger partial charge in [0.25, 0.3) is 0 Å². The van der Waals surface area contributed by atoms with E-state index in [1.165, 1.54) is 6.42 Å². The van der Waals surface area contributed by atoms with Crippen molar-refractivity contribution in [3.05, 3.63) is 0 Å². The number of hydrogen-bond acceptors (Lipinski definition) is 3. The summed E-state index contributed by atoms with van der Waals surface area (Å²) < 4.78 is 0. The molecule has 0 radical (unpaired) electrons. The molecule has 1 atom stereocenters. The van der Waals surface area contributed by atoms with Gasteiger partial charge in [-0.1, -0.05) is 26.2 Å². The number of rotatable bonds is 7. The van der Waals surface area contributed by atoms with E-state index < -0.39 is 0 Å². The average Bonchev–Trinajstić information content (AvgIpc) is 2.38. The second-order valence-electron chi connectivity index (χ2n) is 6.08. The van der Waals surface area contributed by atoms with Crippen LogP contribution < -0.4 is 16.4 Å². The Hall–Kier alpha value is -1.10. The predicted molar refractivity (Wildman–Crippen MR) is 80.1 cm³/mol. The first-order chi connectivity index (χ1) is 9.45. The van der Waals surface area contributed by atoms with Gasteiger partial charge in [-0.3, -0.25) is 9.59 Å². The van der Waals surface area contributed by atoms with E-state index in [1.54, 1.807) is 0 Å². The normalized spacial score (nSPS) is 19.1. The zero-order chi connectivity index (χ0) is 15.0. The summed E-state index contributed by atoms with van der Waals surface area (Å²) in [6, 6.07) is 0.188. The largest absolute Gasteiger partial charge is 0.356 e. The number of nitrogens with one attached hydrogen (secondary N) is 2. The Morgan fingerprint density at radius 3 is 2.45 bits per heavy atom. The van der Waals surface area contributed by atoms with Crippen LogP contribution in [0.3, 0.4) is 0 Å². The second kappa shape index (κ2) is 8.25. The highest BCUT2D eigenvalue weighted by molar-refractivity contribution is 5.79. The molecule has 1 aliphatic carbocycles. The Balaban J connectivity index is 2.18. The molecule has 0 spiro atoms.